The molecule has 4 aromatic rings. The first-order valence-electron chi connectivity index (χ1n) is 9.34. The highest BCUT2D eigenvalue weighted by molar-refractivity contribution is 6.28. The van der Waals surface area contributed by atoms with Gasteiger partial charge in [0.2, 0.25) is 5.28 Å². The van der Waals surface area contributed by atoms with Crippen LogP contribution in [0.4, 0.5) is 4.79 Å². The van der Waals surface area contributed by atoms with E-state index in [0.717, 1.165) is 10.9 Å². The van der Waals surface area contributed by atoms with Gasteiger partial charge in [-0.05, 0) is 68.6 Å². The first-order valence-corrected chi connectivity index (χ1v) is 9.71. The topological polar surface area (TPSA) is 95.7 Å². The summed E-state index contributed by atoms with van der Waals surface area (Å²) in [6, 6.07) is 8.82. The first kappa shape index (κ1) is 20.4. The Morgan fingerprint density at radius 3 is 2.65 bits per heavy atom. The molecule has 0 aliphatic rings. The number of carbonyl (C=O) groups excluding carboxylic acids is 1. The van der Waals surface area contributed by atoms with Gasteiger partial charge in [-0.2, -0.15) is 9.78 Å². The third kappa shape index (κ3) is 4.85. The maximum atomic E-state index is 12.3. The van der Waals surface area contributed by atoms with Crippen molar-refractivity contribution >= 4 is 28.6 Å². The van der Waals surface area contributed by atoms with E-state index in [4.69, 9.17) is 16.3 Å². The van der Waals surface area contributed by atoms with E-state index >= 15 is 0 Å². The van der Waals surface area contributed by atoms with E-state index in [1.165, 1.54) is 4.68 Å². The van der Waals surface area contributed by atoms with Crippen LogP contribution in [0.5, 0.6) is 0 Å². The number of nitrogens with zero attached hydrogens (tertiary/aromatic N) is 6. The summed E-state index contributed by atoms with van der Waals surface area (Å²) in [5.74, 6) is 6.49. The first-order chi connectivity index (χ1) is 14.8. The van der Waals surface area contributed by atoms with Crippen LogP contribution in [-0.4, -0.2) is 41.4 Å². The van der Waals surface area contributed by atoms with Gasteiger partial charge in [-0.1, -0.05) is 5.92 Å². The number of carbonyl (C=O) groups is 1. The van der Waals surface area contributed by atoms with Gasteiger partial charge in [-0.3, -0.25) is 0 Å². The molecule has 0 atom stereocenters. The number of hydrogen-bond donors (Lipinski definition) is 0. The smallest absolute Gasteiger partial charge is 0.435 e. The fraction of sp³-hybridized carbons (Fsp3) is 0.182. The van der Waals surface area contributed by atoms with Crippen LogP contribution >= 0.6 is 11.6 Å². The highest BCUT2D eigenvalue weighted by Crippen LogP contribution is 2.18. The number of benzene rings is 1. The standard InChI is InChI=1S/C22H17ClN6O2/c1-22(2,3)31-21(30)29-18-7-5-14(12-15(18)13-26-29)4-6-16-8-10-24-19(27-16)17-9-11-25-20(23)28-17/h5,7-13H,1-3H3. The molecule has 0 spiro atoms. The van der Waals surface area contributed by atoms with E-state index in [1.54, 1.807) is 36.8 Å². The van der Waals surface area contributed by atoms with Gasteiger partial charge in [0.25, 0.3) is 0 Å². The summed E-state index contributed by atoms with van der Waals surface area (Å²) < 4.78 is 6.62. The van der Waals surface area contributed by atoms with Crippen LogP contribution in [-0.2, 0) is 4.74 Å². The van der Waals surface area contributed by atoms with E-state index in [-0.39, 0.29) is 5.28 Å². The number of ether oxygens (including phenoxy) is 1. The monoisotopic (exact) mass is 432 g/mol. The van der Waals surface area contributed by atoms with Crippen LogP contribution in [0.3, 0.4) is 0 Å². The highest BCUT2D eigenvalue weighted by atomic mass is 35.5. The molecule has 0 unspecified atom stereocenters. The molecule has 0 fully saturated rings. The number of rotatable bonds is 1. The van der Waals surface area contributed by atoms with Crippen molar-refractivity contribution in [1.82, 2.24) is 29.7 Å². The Kier molecular flexibility index (Phi) is 5.36. The quantitative estimate of drug-likeness (QED) is 0.329. The summed E-state index contributed by atoms with van der Waals surface area (Å²) in [7, 11) is 0. The Labute approximate surface area is 183 Å². The van der Waals surface area contributed by atoms with Crippen LogP contribution in [0, 0.1) is 11.8 Å². The Hall–Kier alpha value is -3.83. The van der Waals surface area contributed by atoms with Crippen LogP contribution in [0.1, 0.15) is 32.0 Å². The van der Waals surface area contributed by atoms with Crippen molar-refractivity contribution in [2.45, 2.75) is 26.4 Å². The molecule has 0 amide bonds. The van der Waals surface area contributed by atoms with E-state index in [1.807, 2.05) is 32.9 Å². The van der Waals surface area contributed by atoms with Gasteiger partial charge in [0.15, 0.2) is 5.82 Å². The molecule has 31 heavy (non-hydrogen) atoms. The second-order valence-corrected chi connectivity index (χ2v) is 7.87. The molecule has 154 valence electrons. The number of fused-ring (bicyclic) bond motifs is 1. The molecule has 3 heterocycles. The van der Waals surface area contributed by atoms with Gasteiger partial charge in [-0.25, -0.2) is 24.7 Å². The lowest BCUT2D eigenvalue weighted by atomic mass is 10.1. The molecule has 0 aliphatic carbocycles. The molecule has 4 rings (SSSR count). The summed E-state index contributed by atoms with van der Waals surface area (Å²) >= 11 is 5.83. The fourth-order valence-electron chi connectivity index (χ4n) is 2.71. The van der Waals surface area contributed by atoms with Crippen molar-refractivity contribution in [3.8, 4) is 23.4 Å². The Morgan fingerprint density at radius 1 is 1.06 bits per heavy atom. The van der Waals surface area contributed by atoms with Gasteiger partial charge >= 0.3 is 6.09 Å². The van der Waals surface area contributed by atoms with Crippen molar-refractivity contribution in [3.05, 3.63) is 65.5 Å². The molecule has 0 aliphatic heterocycles. The van der Waals surface area contributed by atoms with E-state index < -0.39 is 11.7 Å². The Morgan fingerprint density at radius 2 is 1.87 bits per heavy atom. The molecule has 8 nitrogen and oxygen atoms in total. The van der Waals surface area contributed by atoms with E-state index in [0.29, 0.717) is 22.7 Å². The van der Waals surface area contributed by atoms with E-state index in [9.17, 15) is 4.79 Å². The van der Waals surface area contributed by atoms with Crippen molar-refractivity contribution < 1.29 is 9.53 Å². The van der Waals surface area contributed by atoms with Gasteiger partial charge < -0.3 is 4.74 Å². The minimum Gasteiger partial charge on any atom is -0.442 e. The summed E-state index contributed by atoms with van der Waals surface area (Å²) in [5, 5.41) is 5.04. The van der Waals surface area contributed by atoms with Crippen molar-refractivity contribution in [1.29, 1.82) is 0 Å². The molecular formula is C22H17ClN6O2. The predicted molar refractivity (Wildman–Crippen MR) is 115 cm³/mol. The average molecular weight is 433 g/mol. The molecule has 3 aromatic heterocycles. The molecule has 0 saturated heterocycles. The summed E-state index contributed by atoms with van der Waals surface area (Å²) in [4.78, 5) is 28.9. The van der Waals surface area contributed by atoms with Gasteiger partial charge in [-0.15, -0.1) is 0 Å². The number of hydrogen-bond acceptors (Lipinski definition) is 7. The maximum Gasteiger partial charge on any atom is 0.435 e. The summed E-state index contributed by atoms with van der Waals surface area (Å²) in [5.41, 5.74) is 1.84. The molecule has 0 bridgehead atoms. The maximum absolute atomic E-state index is 12.3. The van der Waals surface area contributed by atoms with Crippen LogP contribution in [0.15, 0.2) is 48.9 Å². The molecule has 9 heteroatoms. The fourth-order valence-corrected chi connectivity index (χ4v) is 2.86. The van der Waals surface area contributed by atoms with Crippen LogP contribution < -0.4 is 0 Å². The van der Waals surface area contributed by atoms with Crippen molar-refractivity contribution in [2.24, 2.45) is 0 Å². The third-order valence-electron chi connectivity index (χ3n) is 3.98. The summed E-state index contributed by atoms with van der Waals surface area (Å²) in [6.07, 6.45) is 4.22. The average Bonchev–Trinajstić information content (AvgIpc) is 3.15. The Balaban J connectivity index is 1.59. The zero-order valence-corrected chi connectivity index (χ0v) is 17.8. The number of aromatic nitrogens is 6. The predicted octanol–water partition coefficient (Wildman–Crippen LogP) is 4.12. The van der Waals surface area contributed by atoms with Gasteiger partial charge in [0.1, 0.15) is 17.0 Å². The molecule has 0 N–H and O–H groups in total. The molecule has 0 radical (unpaired) electrons. The minimum atomic E-state index is -0.603. The second kappa shape index (κ2) is 8.13. The van der Waals surface area contributed by atoms with E-state index in [2.05, 4.69) is 36.9 Å². The molecular weight excluding hydrogens is 416 g/mol. The highest BCUT2D eigenvalue weighted by Gasteiger charge is 2.20. The van der Waals surface area contributed by atoms with Crippen molar-refractivity contribution in [3.63, 3.8) is 0 Å². The Bertz CT molecular complexity index is 1350. The third-order valence-corrected chi connectivity index (χ3v) is 4.16. The zero-order valence-electron chi connectivity index (χ0n) is 17.0. The molecule has 0 saturated carbocycles. The van der Waals surface area contributed by atoms with Gasteiger partial charge in [0.05, 0.1) is 11.7 Å². The lowest BCUT2D eigenvalue weighted by Gasteiger charge is -2.19. The van der Waals surface area contributed by atoms with Crippen LogP contribution in [0.25, 0.3) is 22.4 Å². The SMILES string of the molecule is CC(C)(C)OC(=O)n1ncc2cc(C#Cc3ccnc(-c4ccnc(Cl)n4)n3)ccc21. The summed E-state index contributed by atoms with van der Waals surface area (Å²) in [6.45, 7) is 5.42. The lowest BCUT2D eigenvalue weighted by Crippen LogP contribution is -2.27. The molecule has 1 aromatic carbocycles. The second-order valence-electron chi connectivity index (χ2n) is 7.54. The minimum absolute atomic E-state index is 0.123. The largest absolute Gasteiger partial charge is 0.442 e. The van der Waals surface area contributed by atoms with Crippen LogP contribution in [0.2, 0.25) is 5.28 Å². The normalized spacial score (nSPS) is 11.1. The van der Waals surface area contributed by atoms with Crippen molar-refractivity contribution in [2.75, 3.05) is 0 Å². The lowest BCUT2D eigenvalue weighted by molar-refractivity contribution is 0.0522. The zero-order chi connectivity index (χ0) is 22.0. The number of halogens is 1. The van der Waals surface area contributed by atoms with Gasteiger partial charge in [0, 0.05) is 23.3 Å².